The van der Waals surface area contributed by atoms with Crippen molar-refractivity contribution in [2.75, 3.05) is 13.1 Å². The van der Waals surface area contributed by atoms with Crippen LogP contribution in [-0.4, -0.2) is 34.5 Å². The van der Waals surface area contributed by atoms with Crippen LogP contribution in [0.4, 0.5) is 5.69 Å². The zero-order valence-electron chi connectivity index (χ0n) is 18.0. The molecule has 1 heterocycles. The van der Waals surface area contributed by atoms with Gasteiger partial charge in [-0.05, 0) is 60.8 Å². The summed E-state index contributed by atoms with van der Waals surface area (Å²) in [4.78, 5) is 25.3. The zero-order valence-corrected chi connectivity index (χ0v) is 18.0. The third-order valence-corrected chi connectivity index (χ3v) is 6.01. The van der Waals surface area contributed by atoms with Crippen LogP contribution in [-0.2, 0) is 11.3 Å². The number of fused-ring (bicyclic) bond motifs is 1. The van der Waals surface area contributed by atoms with Gasteiger partial charge >= 0.3 is 0 Å². The second kappa shape index (κ2) is 9.70. The molecule has 0 spiro atoms. The first-order valence-corrected chi connectivity index (χ1v) is 10.8. The molecule has 0 atom stereocenters. The molecule has 1 aliphatic heterocycles. The quantitative estimate of drug-likeness (QED) is 0.354. The Morgan fingerprint density at radius 2 is 1.75 bits per heavy atom. The van der Waals surface area contributed by atoms with E-state index >= 15 is 0 Å². The normalized spacial score (nSPS) is 15.6. The monoisotopic (exact) mass is 430 g/mol. The first-order valence-electron chi connectivity index (χ1n) is 10.8. The van der Waals surface area contributed by atoms with E-state index < -0.39 is 4.92 Å². The van der Waals surface area contributed by atoms with E-state index in [9.17, 15) is 14.9 Å². The second-order valence-electron chi connectivity index (χ2n) is 8.21. The number of amides is 1. The molecule has 1 amide bonds. The number of hydrazone groups is 1. The van der Waals surface area contributed by atoms with Crippen LogP contribution >= 0.6 is 0 Å². The number of nitrogens with one attached hydrogen (secondary N) is 1. The Balaban J connectivity index is 1.28. The largest absolute Gasteiger partial charge is 0.299 e. The lowest BCUT2D eigenvalue weighted by atomic mass is 9.96. The standard InChI is InChI=1S/C25H26N4O3/c1-18(22-9-8-20-4-2-3-5-23(20)16-22)26-27-25(30)21-12-14-28(15-13-21)17-19-6-10-24(11-7-19)29(31)32/h2-11,16,21H,12-15,17H2,1H3,(H,27,30). The van der Waals surface area contributed by atoms with Crippen molar-refractivity contribution in [2.45, 2.75) is 26.3 Å². The molecule has 4 rings (SSSR count). The lowest BCUT2D eigenvalue weighted by Crippen LogP contribution is -2.39. The van der Waals surface area contributed by atoms with Gasteiger partial charge in [0, 0.05) is 24.6 Å². The van der Waals surface area contributed by atoms with Gasteiger partial charge in [-0.15, -0.1) is 0 Å². The van der Waals surface area contributed by atoms with Crippen LogP contribution in [0.5, 0.6) is 0 Å². The summed E-state index contributed by atoms with van der Waals surface area (Å²) in [5.74, 6) is -0.101. The molecule has 1 aliphatic rings. The minimum atomic E-state index is -0.391. The van der Waals surface area contributed by atoms with E-state index in [0.29, 0.717) is 0 Å². The smallest absolute Gasteiger partial charge is 0.269 e. The van der Waals surface area contributed by atoms with Gasteiger partial charge in [-0.2, -0.15) is 5.10 Å². The summed E-state index contributed by atoms with van der Waals surface area (Å²) in [6.45, 7) is 4.24. The van der Waals surface area contributed by atoms with Crippen LogP contribution in [0.25, 0.3) is 10.8 Å². The van der Waals surface area contributed by atoms with Crippen molar-refractivity contribution in [3.8, 4) is 0 Å². The molecular formula is C25H26N4O3. The number of hydrogen-bond donors (Lipinski definition) is 1. The molecule has 0 saturated carbocycles. The van der Waals surface area contributed by atoms with Crippen molar-refractivity contribution in [2.24, 2.45) is 11.0 Å². The number of nitrogens with zero attached hydrogens (tertiary/aromatic N) is 3. The van der Waals surface area contributed by atoms with E-state index in [-0.39, 0.29) is 17.5 Å². The van der Waals surface area contributed by atoms with Gasteiger partial charge in [0.15, 0.2) is 0 Å². The van der Waals surface area contributed by atoms with E-state index in [1.54, 1.807) is 12.1 Å². The summed E-state index contributed by atoms with van der Waals surface area (Å²) in [5, 5.41) is 17.4. The zero-order chi connectivity index (χ0) is 22.5. The fourth-order valence-corrected chi connectivity index (χ4v) is 4.04. The molecule has 164 valence electrons. The average molecular weight is 431 g/mol. The molecule has 0 aliphatic carbocycles. The summed E-state index contributed by atoms with van der Waals surface area (Å²) in [6.07, 6.45) is 1.53. The number of carbonyl (C=O) groups excluding carboxylic acids is 1. The van der Waals surface area contributed by atoms with E-state index in [1.807, 2.05) is 25.1 Å². The van der Waals surface area contributed by atoms with Gasteiger partial charge in [0.2, 0.25) is 5.91 Å². The fourth-order valence-electron chi connectivity index (χ4n) is 4.04. The van der Waals surface area contributed by atoms with E-state index in [4.69, 9.17) is 0 Å². The Bertz CT molecular complexity index is 1150. The number of likely N-dealkylation sites (tertiary alicyclic amines) is 1. The highest BCUT2D eigenvalue weighted by molar-refractivity contribution is 6.02. The Morgan fingerprint density at radius 1 is 1.06 bits per heavy atom. The van der Waals surface area contributed by atoms with Crippen molar-refractivity contribution in [3.63, 3.8) is 0 Å². The summed E-state index contributed by atoms with van der Waals surface area (Å²) < 4.78 is 0. The number of nitro benzene ring substituents is 1. The number of rotatable bonds is 6. The molecule has 1 saturated heterocycles. The highest BCUT2D eigenvalue weighted by Gasteiger charge is 2.25. The molecule has 32 heavy (non-hydrogen) atoms. The molecule has 7 heteroatoms. The van der Waals surface area contributed by atoms with Crippen LogP contribution < -0.4 is 5.43 Å². The molecule has 0 unspecified atom stereocenters. The van der Waals surface area contributed by atoms with Crippen LogP contribution in [0.2, 0.25) is 0 Å². The Kier molecular flexibility index (Phi) is 6.56. The summed E-state index contributed by atoms with van der Waals surface area (Å²) in [6, 6.07) is 21.0. The number of non-ortho nitro benzene ring substituents is 1. The van der Waals surface area contributed by atoms with Crippen molar-refractivity contribution >= 4 is 28.1 Å². The summed E-state index contributed by atoms with van der Waals surface area (Å²) in [7, 11) is 0. The van der Waals surface area contributed by atoms with Crippen LogP contribution in [0.3, 0.4) is 0 Å². The predicted octanol–water partition coefficient (Wildman–Crippen LogP) is 4.50. The number of hydrogen-bond acceptors (Lipinski definition) is 5. The van der Waals surface area contributed by atoms with E-state index in [0.717, 1.165) is 54.7 Å². The third-order valence-electron chi connectivity index (χ3n) is 6.01. The molecule has 0 aromatic heterocycles. The van der Waals surface area contributed by atoms with Gasteiger partial charge in [-0.3, -0.25) is 19.8 Å². The van der Waals surface area contributed by atoms with Crippen LogP contribution in [0.15, 0.2) is 71.8 Å². The van der Waals surface area contributed by atoms with Crippen molar-refractivity contribution in [1.82, 2.24) is 10.3 Å². The van der Waals surface area contributed by atoms with Crippen molar-refractivity contribution in [1.29, 1.82) is 0 Å². The molecule has 1 N–H and O–H groups in total. The van der Waals surface area contributed by atoms with Gasteiger partial charge in [-0.25, -0.2) is 5.43 Å². The number of carbonyl (C=O) groups is 1. The van der Waals surface area contributed by atoms with Gasteiger partial charge in [0.1, 0.15) is 0 Å². The third kappa shape index (κ3) is 5.18. The summed E-state index contributed by atoms with van der Waals surface area (Å²) >= 11 is 0. The van der Waals surface area contributed by atoms with Gasteiger partial charge in [-0.1, -0.05) is 48.5 Å². The molecule has 1 fully saturated rings. The summed E-state index contributed by atoms with van der Waals surface area (Å²) in [5.41, 5.74) is 5.65. The van der Waals surface area contributed by atoms with Crippen molar-refractivity contribution < 1.29 is 9.72 Å². The predicted molar refractivity (Wildman–Crippen MR) is 125 cm³/mol. The van der Waals surface area contributed by atoms with Gasteiger partial charge < -0.3 is 0 Å². The molecule has 3 aromatic rings. The molecule has 0 bridgehead atoms. The van der Waals surface area contributed by atoms with Gasteiger partial charge in [0.05, 0.1) is 10.6 Å². The maximum absolute atomic E-state index is 12.6. The minimum Gasteiger partial charge on any atom is -0.299 e. The molecule has 0 radical (unpaired) electrons. The highest BCUT2D eigenvalue weighted by atomic mass is 16.6. The molecule has 7 nitrogen and oxygen atoms in total. The number of benzene rings is 3. The van der Waals surface area contributed by atoms with Gasteiger partial charge in [0.25, 0.3) is 5.69 Å². The fraction of sp³-hybridized carbons (Fsp3) is 0.280. The second-order valence-corrected chi connectivity index (χ2v) is 8.21. The Labute approximate surface area is 186 Å². The average Bonchev–Trinajstić information content (AvgIpc) is 2.82. The molecule has 3 aromatic carbocycles. The topological polar surface area (TPSA) is 87.8 Å². The first-order chi connectivity index (χ1) is 15.5. The molecular weight excluding hydrogens is 404 g/mol. The Morgan fingerprint density at radius 3 is 2.44 bits per heavy atom. The maximum Gasteiger partial charge on any atom is 0.269 e. The maximum atomic E-state index is 12.6. The lowest BCUT2D eigenvalue weighted by molar-refractivity contribution is -0.384. The van der Waals surface area contributed by atoms with E-state index in [2.05, 4.69) is 39.7 Å². The highest BCUT2D eigenvalue weighted by Crippen LogP contribution is 2.21. The number of piperidine rings is 1. The van der Waals surface area contributed by atoms with E-state index in [1.165, 1.54) is 17.5 Å². The van der Waals surface area contributed by atoms with Crippen molar-refractivity contribution in [3.05, 3.63) is 88.0 Å². The Hall–Kier alpha value is -3.58. The lowest BCUT2D eigenvalue weighted by Gasteiger charge is -2.30. The minimum absolute atomic E-state index is 0.0416. The SMILES string of the molecule is CC(=NNC(=O)C1CCN(Cc2ccc([N+](=O)[O-])cc2)CC1)c1ccc2ccccc2c1. The number of nitro groups is 1. The first kappa shape index (κ1) is 21.6. The van der Waals surface area contributed by atoms with Crippen LogP contribution in [0.1, 0.15) is 30.9 Å². The van der Waals surface area contributed by atoms with Crippen LogP contribution in [0, 0.1) is 16.0 Å².